The summed E-state index contributed by atoms with van der Waals surface area (Å²) in [7, 11) is 0. The molecule has 0 unspecified atom stereocenters. The summed E-state index contributed by atoms with van der Waals surface area (Å²) in [4.78, 5) is 11.9. The van der Waals surface area contributed by atoms with Gasteiger partial charge in [0.15, 0.2) is 5.78 Å². The molecule has 0 amide bonds. The van der Waals surface area contributed by atoms with Crippen LogP contribution in [-0.2, 0) is 4.79 Å². The molecule has 3 fully saturated rings. The molecule has 1 N–H and O–H groups in total. The highest BCUT2D eigenvalue weighted by Gasteiger charge is 2.64. The molecular formula is C20H30O2. The van der Waals surface area contributed by atoms with E-state index >= 15 is 0 Å². The van der Waals surface area contributed by atoms with Gasteiger partial charge in [0.25, 0.3) is 0 Å². The van der Waals surface area contributed by atoms with Crippen molar-refractivity contribution in [3.8, 4) is 0 Å². The van der Waals surface area contributed by atoms with Crippen LogP contribution in [0, 0.1) is 28.1 Å². The first-order chi connectivity index (χ1) is 10.3. The number of aliphatic hydroxyl groups excluding tert-OH is 1. The molecule has 0 aromatic heterocycles. The van der Waals surface area contributed by atoms with Gasteiger partial charge < -0.3 is 5.11 Å². The first kappa shape index (κ1) is 14.9. The van der Waals surface area contributed by atoms with Gasteiger partial charge in [-0.2, -0.15) is 0 Å². The van der Waals surface area contributed by atoms with E-state index in [1.165, 1.54) is 24.8 Å². The maximum absolute atomic E-state index is 11.9. The smallest absolute Gasteiger partial charge is 0.155 e. The van der Waals surface area contributed by atoms with Crippen molar-refractivity contribution in [3.05, 3.63) is 11.6 Å². The number of aliphatic hydroxyl groups is 1. The molecule has 0 aliphatic heterocycles. The summed E-state index contributed by atoms with van der Waals surface area (Å²) in [5.41, 5.74) is 2.08. The molecule has 4 aliphatic rings. The molecule has 6 atom stereocenters. The molecule has 0 saturated heterocycles. The molecule has 0 spiro atoms. The Labute approximate surface area is 134 Å². The van der Waals surface area contributed by atoms with Crippen LogP contribution in [0.1, 0.15) is 72.1 Å². The van der Waals surface area contributed by atoms with Crippen LogP contribution in [0.15, 0.2) is 11.6 Å². The van der Waals surface area contributed by atoms with Crippen LogP contribution in [0.3, 0.4) is 0 Å². The fraction of sp³-hybridized carbons (Fsp3) is 0.850. The number of carbonyl (C=O) groups excluding carboxylic acids is 1. The molecule has 0 bridgehead atoms. The Morgan fingerprint density at radius 2 is 1.68 bits per heavy atom. The molecule has 0 aromatic rings. The lowest BCUT2D eigenvalue weighted by Crippen LogP contribution is -2.56. The predicted octanol–water partition coefficient (Wildman–Crippen LogP) is 4.27. The van der Waals surface area contributed by atoms with Crippen LogP contribution in [0.4, 0.5) is 0 Å². The Hall–Kier alpha value is -0.630. The second-order valence-electron chi connectivity index (χ2n) is 9.23. The minimum Gasteiger partial charge on any atom is -0.393 e. The van der Waals surface area contributed by atoms with Crippen molar-refractivity contribution in [1.29, 1.82) is 0 Å². The first-order valence-corrected chi connectivity index (χ1v) is 9.23. The van der Waals surface area contributed by atoms with E-state index < -0.39 is 0 Å². The Morgan fingerprint density at radius 3 is 2.45 bits per heavy atom. The van der Waals surface area contributed by atoms with Crippen LogP contribution in [0.2, 0.25) is 0 Å². The standard InChI is InChI=1S/C20H30O2/c1-18-9-6-14(21)12-13(18)4-5-16-15(18)7-10-20(3)17(22)8-11-19(16,20)2/h12,15-17,22H,4-11H2,1-3H3/t15-,16+,17-,18-,19-,20+/m0/s1. The maximum atomic E-state index is 11.9. The third-order valence-electron chi connectivity index (χ3n) is 8.76. The van der Waals surface area contributed by atoms with Crippen molar-refractivity contribution >= 4 is 5.78 Å². The van der Waals surface area contributed by atoms with Gasteiger partial charge in [-0.15, -0.1) is 0 Å². The van der Waals surface area contributed by atoms with E-state index in [2.05, 4.69) is 20.8 Å². The molecular weight excluding hydrogens is 272 g/mol. The van der Waals surface area contributed by atoms with Gasteiger partial charge in [0.1, 0.15) is 0 Å². The fourth-order valence-electron chi connectivity index (χ4n) is 6.93. The minimum absolute atomic E-state index is 0.107. The van der Waals surface area contributed by atoms with Crippen LogP contribution in [-0.4, -0.2) is 17.0 Å². The normalized spacial score (nSPS) is 54.3. The summed E-state index contributed by atoms with van der Waals surface area (Å²) in [5, 5.41) is 10.6. The average molecular weight is 302 g/mol. The molecule has 0 heterocycles. The predicted molar refractivity (Wildman–Crippen MR) is 87.3 cm³/mol. The van der Waals surface area contributed by atoms with E-state index in [0.29, 0.717) is 11.7 Å². The zero-order valence-corrected chi connectivity index (χ0v) is 14.3. The average Bonchev–Trinajstić information content (AvgIpc) is 2.72. The minimum atomic E-state index is -0.115. The van der Waals surface area contributed by atoms with Crippen molar-refractivity contribution < 1.29 is 9.90 Å². The number of carbonyl (C=O) groups is 1. The van der Waals surface area contributed by atoms with E-state index in [0.717, 1.165) is 38.0 Å². The Kier molecular flexibility index (Phi) is 3.03. The summed E-state index contributed by atoms with van der Waals surface area (Å²) in [5.74, 6) is 1.77. The van der Waals surface area contributed by atoms with Crippen molar-refractivity contribution in [3.63, 3.8) is 0 Å². The molecule has 122 valence electrons. The Morgan fingerprint density at radius 1 is 0.955 bits per heavy atom. The lowest BCUT2D eigenvalue weighted by Gasteiger charge is -2.62. The lowest BCUT2D eigenvalue weighted by molar-refractivity contribution is -0.132. The summed E-state index contributed by atoms with van der Waals surface area (Å²) in [6, 6.07) is 0. The number of ketones is 1. The van der Waals surface area contributed by atoms with E-state index in [-0.39, 0.29) is 22.3 Å². The zero-order chi connectivity index (χ0) is 15.8. The quantitative estimate of drug-likeness (QED) is 0.725. The van der Waals surface area contributed by atoms with Crippen molar-refractivity contribution in [2.75, 3.05) is 0 Å². The summed E-state index contributed by atoms with van der Waals surface area (Å²) < 4.78 is 0. The molecule has 22 heavy (non-hydrogen) atoms. The van der Waals surface area contributed by atoms with Crippen LogP contribution in [0.25, 0.3) is 0 Å². The largest absolute Gasteiger partial charge is 0.393 e. The molecule has 0 radical (unpaired) electrons. The van der Waals surface area contributed by atoms with Crippen molar-refractivity contribution in [1.82, 2.24) is 0 Å². The van der Waals surface area contributed by atoms with E-state index in [4.69, 9.17) is 0 Å². The van der Waals surface area contributed by atoms with Crippen molar-refractivity contribution in [2.24, 2.45) is 28.1 Å². The zero-order valence-electron chi connectivity index (χ0n) is 14.3. The summed E-state index contributed by atoms with van der Waals surface area (Å²) >= 11 is 0. The van der Waals surface area contributed by atoms with Gasteiger partial charge >= 0.3 is 0 Å². The molecule has 4 rings (SSSR count). The van der Waals surface area contributed by atoms with Gasteiger partial charge in [-0.1, -0.05) is 26.3 Å². The third kappa shape index (κ3) is 1.63. The Bertz CT molecular complexity index is 550. The number of hydrogen-bond acceptors (Lipinski definition) is 2. The van der Waals surface area contributed by atoms with E-state index in [1.54, 1.807) is 0 Å². The Balaban J connectivity index is 1.74. The highest BCUT2D eigenvalue weighted by atomic mass is 16.3. The van der Waals surface area contributed by atoms with Gasteiger partial charge in [0, 0.05) is 6.42 Å². The van der Waals surface area contributed by atoms with Gasteiger partial charge in [-0.25, -0.2) is 0 Å². The van der Waals surface area contributed by atoms with E-state index in [9.17, 15) is 9.90 Å². The second kappa shape index (κ2) is 4.47. The molecule has 3 saturated carbocycles. The first-order valence-electron chi connectivity index (χ1n) is 9.23. The van der Waals surface area contributed by atoms with Gasteiger partial charge in [0.2, 0.25) is 0 Å². The fourth-order valence-corrected chi connectivity index (χ4v) is 6.93. The van der Waals surface area contributed by atoms with E-state index in [1.807, 2.05) is 6.08 Å². The van der Waals surface area contributed by atoms with Gasteiger partial charge in [0.05, 0.1) is 6.10 Å². The van der Waals surface area contributed by atoms with Crippen LogP contribution < -0.4 is 0 Å². The molecule has 4 aliphatic carbocycles. The number of hydrogen-bond donors (Lipinski definition) is 1. The number of fused-ring (bicyclic) bond motifs is 5. The number of rotatable bonds is 0. The highest BCUT2D eigenvalue weighted by molar-refractivity contribution is 5.91. The SMILES string of the molecule is C[C@]12CCC(=O)C=C1CC[C@@H]1[C@@H]2CC[C@]2(C)[C@@H](O)CC[C@@]12C. The lowest BCUT2D eigenvalue weighted by atomic mass is 9.42. The summed E-state index contributed by atoms with van der Waals surface area (Å²) in [6.07, 6.45) is 10.5. The van der Waals surface area contributed by atoms with Crippen molar-refractivity contribution in [2.45, 2.75) is 78.2 Å². The monoisotopic (exact) mass is 302 g/mol. The topological polar surface area (TPSA) is 37.3 Å². The maximum Gasteiger partial charge on any atom is 0.155 e. The third-order valence-corrected chi connectivity index (χ3v) is 8.76. The van der Waals surface area contributed by atoms with Crippen LogP contribution >= 0.6 is 0 Å². The molecule has 0 aromatic carbocycles. The van der Waals surface area contributed by atoms with Gasteiger partial charge in [-0.05, 0) is 79.1 Å². The van der Waals surface area contributed by atoms with Gasteiger partial charge in [-0.3, -0.25) is 4.79 Å². The second-order valence-corrected chi connectivity index (χ2v) is 9.23. The van der Waals surface area contributed by atoms with Crippen LogP contribution in [0.5, 0.6) is 0 Å². The highest BCUT2D eigenvalue weighted by Crippen LogP contribution is 2.70. The summed E-state index contributed by atoms with van der Waals surface area (Å²) in [6.45, 7) is 7.24. The molecule has 2 heteroatoms. The number of allylic oxidation sites excluding steroid dienone is 1. The molecule has 2 nitrogen and oxygen atoms in total.